The van der Waals surface area contributed by atoms with Crippen LogP contribution >= 0.6 is 39.1 Å². The molecule has 2 rings (SSSR count). The van der Waals surface area contributed by atoms with Gasteiger partial charge in [0.15, 0.2) is 0 Å². The predicted molar refractivity (Wildman–Crippen MR) is 78.9 cm³/mol. The summed E-state index contributed by atoms with van der Waals surface area (Å²) in [7, 11) is 0. The highest BCUT2D eigenvalue weighted by Gasteiger charge is 2.40. The van der Waals surface area contributed by atoms with Gasteiger partial charge in [-0.15, -0.1) is 11.6 Å². The summed E-state index contributed by atoms with van der Waals surface area (Å²) in [4.78, 5) is 0. The fourth-order valence-corrected chi connectivity index (χ4v) is 3.95. The molecule has 0 aromatic heterocycles. The molecular weight excluding hydrogens is 338 g/mol. The van der Waals surface area contributed by atoms with Crippen molar-refractivity contribution in [3.05, 3.63) is 33.0 Å². The first-order valence-corrected chi connectivity index (χ1v) is 7.89. The molecule has 0 bridgehead atoms. The van der Waals surface area contributed by atoms with E-state index in [2.05, 4.69) is 22.9 Å². The maximum atomic E-state index is 14.1. The standard InChI is InChI=1S/C14H16BrCl2F/c1-2-14(5-3-4-6-14)13(17)9-7-11(16)10(15)8-12(9)18/h7-8,13H,2-6H2,1H3. The number of halogens is 4. The highest BCUT2D eigenvalue weighted by Crippen LogP contribution is 2.54. The Balaban J connectivity index is 2.39. The van der Waals surface area contributed by atoms with Crippen molar-refractivity contribution in [2.24, 2.45) is 5.41 Å². The van der Waals surface area contributed by atoms with Crippen LogP contribution in [-0.4, -0.2) is 0 Å². The van der Waals surface area contributed by atoms with Gasteiger partial charge in [0, 0.05) is 10.0 Å². The number of hydrogen-bond donors (Lipinski definition) is 0. The van der Waals surface area contributed by atoms with Crippen LogP contribution in [0.25, 0.3) is 0 Å². The molecule has 0 heterocycles. The van der Waals surface area contributed by atoms with Crippen LogP contribution in [0.2, 0.25) is 5.02 Å². The smallest absolute Gasteiger partial charge is 0.129 e. The molecule has 0 nitrogen and oxygen atoms in total. The van der Waals surface area contributed by atoms with Gasteiger partial charge in [-0.05, 0) is 52.7 Å². The molecule has 1 saturated carbocycles. The molecule has 1 unspecified atom stereocenters. The van der Waals surface area contributed by atoms with E-state index in [0.717, 1.165) is 19.3 Å². The fourth-order valence-electron chi connectivity index (χ4n) is 2.93. The van der Waals surface area contributed by atoms with Crippen LogP contribution in [0.3, 0.4) is 0 Å². The van der Waals surface area contributed by atoms with Crippen molar-refractivity contribution < 1.29 is 4.39 Å². The SMILES string of the molecule is CCC1(C(Cl)c2cc(Cl)c(Br)cc2F)CCCC1. The highest BCUT2D eigenvalue weighted by atomic mass is 79.9. The Labute approximate surface area is 126 Å². The summed E-state index contributed by atoms with van der Waals surface area (Å²) in [5.41, 5.74) is 0.563. The Bertz CT molecular complexity index is 442. The van der Waals surface area contributed by atoms with Crippen molar-refractivity contribution in [1.29, 1.82) is 0 Å². The molecule has 0 aliphatic heterocycles. The quantitative estimate of drug-likeness (QED) is 0.430. The summed E-state index contributed by atoms with van der Waals surface area (Å²) in [5, 5.41) is 0.219. The summed E-state index contributed by atoms with van der Waals surface area (Å²) >= 11 is 15.9. The van der Waals surface area contributed by atoms with Gasteiger partial charge in [-0.2, -0.15) is 0 Å². The Morgan fingerprint density at radius 1 is 1.39 bits per heavy atom. The van der Waals surface area contributed by atoms with Crippen LogP contribution in [0.5, 0.6) is 0 Å². The number of hydrogen-bond acceptors (Lipinski definition) is 0. The predicted octanol–water partition coefficient (Wildman–Crippen LogP) is 6.49. The van der Waals surface area contributed by atoms with Crippen LogP contribution in [-0.2, 0) is 0 Å². The topological polar surface area (TPSA) is 0 Å². The van der Waals surface area contributed by atoms with Crippen molar-refractivity contribution in [3.8, 4) is 0 Å². The molecule has 1 atom stereocenters. The van der Waals surface area contributed by atoms with Crippen LogP contribution in [0.4, 0.5) is 4.39 Å². The molecule has 0 N–H and O–H groups in total. The maximum absolute atomic E-state index is 14.1. The second kappa shape index (κ2) is 5.68. The number of alkyl halides is 1. The van der Waals surface area contributed by atoms with Crippen LogP contribution in [0.1, 0.15) is 50.0 Å². The zero-order chi connectivity index (χ0) is 13.3. The van der Waals surface area contributed by atoms with E-state index in [0.29, 0.717) is 15.1 Å². The lowest BCUT2D eigenvalue weighted by atomic mass is 9.77. The van der Waals surface area contributed by atoms with E-state index in [9.17, 15) is 4.39 Å². The van der Waals surface area contributed by atoms with E-state index in [4.69, 9.17) is 23.2 Å². The van der Waals surface area contributed by atoms with Gasteiger partial charge in [-0.25, -0.2) is 4.39 Å². The molecule has 1 aliphatic rings. The van der Waals surface area contributed by atoms with Gasteiger partial charge in [0.1, 0.15) is 5.82 Å². The lowest BCUT2D eigenvalue weighted by Gasteiger charge is -2.33. The van der Waals surface area contributed by atoms with Crippen molar-refractivity contribution in [3.63, 3.8) is 0 Å². The third-order valence-corrected chi connectivity index (χ3v) is 6.05. The van der Waals surface area contributed by atoms with Crippen molar-refractivity contribution in [1.82, 2.24) is 0 Å². The lowest BCUT2D eigenvalue weighted by molar-refractivity contribution is 0.267. The van der Waals surface area contributed by atoms with Crippen molar-refractivity contribution in [2.75, 3.05) is 0 Å². The summed E-state index contributed by atoms with van der Waals surface area (Å²) in [6, 6.07) is 3.07. The first-order chi connectivity index (χ1) is 8.50. The van der Waals surface area contributed by atoms with Gasteiger partial charge >= 0.3 is 0 Å². The first-order valence-electron chi connectivity index (χ1n) is 6.28. The Kier molecular flexibility index (Phi) is 4.61. The molecule has 18 heavy (non-hydrogen) atoms. The zero-order valence-electron chi connectivity index (χ0n) is 10.3. The Morgan fingerprint density at radius 2 is 2.00 bits per heavy atom. The van der Waals surface area contributed by atoms with Gasteiger partial charge in [-0.3, -0.25) is 0 Å². The van der Waals surface area contributed by atoms with Gasteiger partial charge in [0.2, 0.25) is 0 Å². The summed E-state index contributed by atoms with van der Waals surface area (Å²) in [6.07, 6.45) is 5.50. The van der Waals surface area contributed by atoms with E-state index >= 15 is 0 Å². The molecule has 0 radical (unpaired) electrons. The fraction of sp³-hybridized carbons (Fsp3) is 0.571. The van der Waals surface area contributed by atoms with Crippen molar-refractivity contribution in [2.45, 2.75) is 44.4 Å². The Hall–Kier alpha value is 0.210. The molecule has 1 fully saturated rings. The first kappa shape index (κ1) is 14.6. The summed E-state index contributed by atoms with van der Waals surface area (Å²) in [5.74, 6) is -0.272. The molecule has 1 aromatic carbocycles. The average molecular weight is 354 g/mol. The monoisotopic (exact) mass is 352 g/mol. The van der Waals surface area contributed by atoms with Crippen LogP contribution < -0.4 is 0 Å². The number of benzene rings is 1. The maximum Gasteiger partial charge on any atom is 0.129 e. The largest absolute Gasteiger partial charge is 0.207 e. The van der Waals surface area contributed by atoms with E-state index in [1.165, 1.54) is 18.9 Å². The minimum absolute atomic E-state index is 0.0273. The van der Waals surface area contributed by atoms with Crippen LogP contribution in [0.15, 0.2) is 16.6 Å². The molecule has 0 saturated heterocycles. The van der Waals surface area contributed by atoms with Gasteiger partial charge < -0.3 is 0 Å². The zero-order valence-corrected chi connectivity index (χ0v) is 13.4. The second-order valence-corrected chi connectivity index (χ2v) is 6.77. The highest BCUT2D eigenvalue weighted by molar-refractivity contribution is 9.10. The van der Waals surface area contributed by atoms with E-state index in [1.54, 1.807) is 6.07 Å². The minimum atomic E-state index is -0.296. The number of rotatable bonds is 3. The molecule has 4 heteroatoms. The second-order valence-electron chi connectivity index (χ2n) is 5.07. The van der Waals surface area contributed by atoms with Gasteiger partial charge in [0.25, 0.3) is 0 Å². The molecule has 1 aliphatic carbocycles. The van der Waals surface area contributed by atoms with E-state index in [1.807, 2.05) is 0 Å². The minimum Gasteiger partial charge on any atom is -0.207 e. The van der Waals surface area contributed by atoms with Crippen LogP contribution in [0, 0.1) is 11.2 Å². The van der Waals surface area contributed by atoms with Crippen molar-refractivity contribution >= 4 is 39.1 Å². The lowest BCUT2D eigenvalue weighted by Crippen LogP contribution is -2.22. The van der Waals surface area contributed by atoms with Gasteiger partial charge in [0.05, 0.1) is 10.4 Å². The average Bonchev–Trinajstić information content (AvgIpc) is 2.83. The molecule has 1 aromatic rings. The Morgan fingerprint density at radius 3 is 2.56 bits per heavy atom. The third kappa shape index (κ3) is 2.57. The molecule has 0 amide bonds. The summed E-state index contributed by atoms with van der Waals surface area (Å²) in [6.45, 7) is 2.14. The molecule has 100 valence electrons. The normalized spacial score (nSPS) is 20.1. The van der Waals surface area contributed by atoms with E-state index < -0.39 is 0 Å². The summed E-state index contributed by atoms with van der Waals surface area (Å²) < 4.78 is 14.6. The molecular formula is C14H16BrCl2F. The molecule has 0 spiro atoms. The van der Waals surface area contributed by atoms with E-state index in [-0.39, 0.29) is 16.6 Å². The van der Waals surface area contributed by atoms with Gasteiger partial charge in [-0.1, -0.05) is 31.4 Å². The third-order valence-electron chi connectivity index (χ3n) is 4.15.